The van der Waals surface area contributed by atoms with Crippen molar-refractivity contribution in [1.29, 1.82) is 5.26 Å². The largest absolute Gasteiger partial charge is 0.481 e. The van der Waals surface area contributed by atoms with Gasteiger partial charge >= 0.3 is 0 Å². The van der Waals surface area contributed by atoms with E-state index in [0.717, 1.165) is 45.6 Å². The van der Waals surface area contributed by atoms with Gasteiger partial charge in [0, 0.05) is 59.9 Å². The standard InChI is InChI=1S/C25H22BrN7O2/c1-35-23-5-2-15(8-29-23)11-31-14-21(34)25-20(31)13-32(25)22-4-3-16(9-28-22)19-6-18(26)12-33-24(19)17(7-27)10-30-33/h2-6,8-10,12,20-21,25,34H,11,13-14H2,1H3/t20-,21-,25+/m0/s1. The Labute approximate surface area is 210 Å². The molecule has 2 aliphatic rings. The number of aliphatic hydroxyl groups is 1. The van der Waals surface area contributed by atoms with Crippen LogP contribution in [0.15, 0.2) is 59.6 Å². The summed E-state index contributed by atoms with van der Waals surface area (Å²) in [6.07, 6.45) is 6.60. The topological polar surface area (TPSA) is 103 Å². The molecule has 176 valence electrons. The van der Waals surface area contributed by atoms with E-state index < -0.39 is 6.10 Å². The van der Waals surface area contributed by atoms with Gasteiger partial charge in [-0.05, 0) is 39.7 Å². The van der Waals surface area contributed by atoms with Crippen molar-refractivity contribution in [3.05, 3.63) is 70.7 Å². The summed E-state index contributed by atoms with van der Waals surface area (Å²) in [4.78, 5) is 13.5. The second kappa shape index (κ2) is 8.61. The van der Waals surface area contributed by atoms with Gasteiger partial charge in [0.05, 0.1) is 42.6 Å². The van der Waals surface area contributed by atoms with Crippen LogP contribution in [0.1, 0.15) is 11.1 Å². The van der Waals surface area contributed by atoms with Gasteiger partial charge in [-0.25, -0.2) is 14.5 Å². The highest BCUT2D eigenvalue weighted by Crippen LogP contribution is 2.38. The number of aromatic nitrogens is 4. The van der Waals surface area contributed by atoms with Crippen LogP contribution in [0.5, 0.6) is 5.88 Å². The molecule has 0 radical (unpaired) electrons. The molecule has 4 aromatic rings. The van der Waals surface area contributed by atoms with E-state index in [0.29, 0.717) is 18.0 Å². The highest BCUT2D eigenvalue weighted by Gasteiger charge is 2.52. The van der Waals surface area contributed by atoms with Crippen molar-refractivity contribution in [3.63, 3.8) is 0 Å². The Morgan fingerprint density at radius 1 is 1.17 bits per heavy atom. The summed E-state index contributed by atoms with van der Waals surface area (Å²) in [5.41, 5.74) is 4.15. The molecule has 1 N–H and O–H groups in total. The average Bonchev–Trinajstić information content (AvgIpc) is 3.36. The van der Waals surface area contributed by atoms with Crippen molar-refractivity contribution in [2.45, 2.75) is 24.7 Å². The van der Waals surface area contributed by atoms with E-state index >= 15 is 0 Å². The summed E-state index contributed by atoms with van der Waals surface area (Å²) in [6.45, 7) is 2.16. The van der Waals surface area contributed by atoms with Crippen molar-refractivity contribution in [2.24, 2.45) is 0 Å². The molecule has 0 unspecified atom stereocenters. The molecule has 6 heterocycles. The van der Waals surface area contributed by atoms with E-state index in [-0.39, 0.29) is 12.1 Å². The lowest BCUT2D eigenvalue weighted by Crippen LogP contribution is -2.64. The summed E-state index contributed by atoms with van der Waals surface area (Å²) in [5, 5.41) is 24.6. The number of hydrogen-bond donors (Lipinski definition) is 1. The van der Waals surface area contributed by atoms with Crippen LogP contribution in [0.2, 0.25) is 0 Å². The maximum atomic E-state index is 10.8. The second-order valence-corrected chi connectivity index (χ2v) is 9.77. The summed E-state index contributed by atoms with van der Waals surface area (Å²) < 4.78 is 7.71. The molecule has 9 nitrogen and oxygen atoms in total. The number of β-amino-alcohol motifs (C(OH)–C–C–N with tert-alkyl or cyclic N) is 1. The Kier molecular flexibility index (Phi) is 5.40. The minimum Gasteiger partial charge on any atom is -0.481 e. The van der Waals surface area contributed by atoms with Gasteiger partial charge in [-0.1, -0.05) is 6.07 Å². The van der Waals surface area contributed by atoms with E-state index in [2.05, 4.69) is 41.9 Å². The number of nitrogens with zero attached hydrogens (tertiary/aromatic N) is 7. The average molecular weight is 532 g/mol. The normalized spacial score (nSPS) is 21.5. The Morgan fingerprint density at radius 2 is 2.06 bits per heavy atom. The Balaban J connectivity index is 1.21. The summed E-state index contributed by atoms with van der Waals surface area (Å²) in [7, 11) is 1.60. The molecule has 0 bridgehead atoms. The van der Waals surface area contributed by atoms with Gasteiger partial charge in [0.1, 0.15) is 11.9 Å². The molecule has 0 spiro atoms. The first-order valence-electron chi connectivity index (χ1n) is 11.3. The monoisotopic (exact) mass is 531 g/mol. The van der Waals surface area contributed by atoms with Crippen LogP contribution in [0, 0.1) is 11.3 Å². The van der Waals surface area contributed by atoms with Crippen molar-refractivity contribution < 1.29 is 9.84 Å². The molecule has 10 heteroatoms. The summed E-state index contributed by atoms with van der Waals surface area (Å²) in [6, 6.07) is 12.3. The van der Waals surface area contributed by atoms with Crippen LogP contribution in [0.3, 0.4) is 0 Å². The van der Waals surface area contributed by atoms with Gasteiger partial charge in [-0.3, -0.25) is 4.90 Å². The van der Waals surface area contributed by atoms with Gasteiger partial charge in [0.15, 0.2) is 0 Å². The van der Waals surface area contributed by atoms with Crippen molar-refractivity contribution in [3.8, 4) is 23.1 Å². The number of halogens is 1. The van der Waals surface area contributed by atoms with Crippen molar-refractivity contribution >= 4 is 27.3 Å². The third-order valence-corrected chi connectivity index (χ3v) is 7.30. The predicted molar refractivity (Wildman–Crippen MR) is 133 cm³/mol. The molecule has 6 rings (SSSR count). The maximum absolute atomic E-state index is 10.8. The van der Waals surface area contributed by atoms with Gasteiger partial charge < -0.3 is 14.7 Å². The lowest BCUT2D eigenvalue weighted by atomic mass is 9.95. The number of nitriles is 1. The number of hydrogen-bond acceptors (Lipinski definition) is 8. The number of rotatable bonds is 5. The zero-order valence-electron chi connectivity index (χ0n) is 18.9. The molecule has 2 saturated heterocycles. The number of aliphatic hydroxyl groups excluding tert-OH is 1. The van der Waals surface area contributed by atoms with Crippen LogP contribution in [-0.4, -0.2) is 68.0 Å². The number of methoxy groups -OCH3 is 1. The Hall–Kier alpha value is -3.52. The zero-order valence-corrected chi connectivity index (χ0v) is 20.5. The van der Waals surface area contributed by atoms with E-state index in [1.54, 1.807) is 17.8 Å². The van der Waals surface area contributed by atoms with E-state index in [1.165, 1.54) is 0 Å². The van der Waals surface area contributed by atoms with Gasteiger partial charge in [0.2, 0.25) is 5.88 Å². The summed E-state index contributed by atoms with van der Waals surface area (Å²) in [5.74, 6) is 1.43. The first-order valence-corrected chi connectivity index (χ1v) is 12.1. The fraction of sp³-hybridized carbons (Fsp3) is 0.280. The molecule has 0 amide bonds. The third-order valence-electron chi connectivity index (χ3n) is 6.87. The number of ether oxygens (including phenoxy) is 1. The number of fused-ring (bicyclic) bond motifs is 2. The van der Waals surface area contributed by atoms with Crippen LogP contribution in [-0.2, 0) is 6.54 Å². The number of anilines is 1. The predicted octanol–water partition coefficient (Wildman–Crippen LogP) is 2.87. The fourth-order valence-electron chi connectivity index (χ4n) is 5.17. The molecule has 0 aromatic carbocycles. The van der Waals surface area contributed by atoms with Crippen LogP contribution in [0.25, 0.3) is 16.6 Å². The first-order chi connectivity index (χ1) is 17.1. The SMILES string of the molecule is COc1ccc(CN2C[C@H](O)[C@H]3[C@@H]2CN3c2ccc(-c3cc(Br)cn4ncc(C#N)c34)cn2)cn1. The summed E-state index contributed by atoms with van der Waals surface area (Å²) >= 11 is 3.53. The number of pyridine rings is 3. The zero-order chi connectivity index (χ0) is 24.1. The van der Waals surface area contributed by atoms with E-state index in [1.807, 2.05) is 48.9 Å². The molecule has 3 atom stereocenters. The maximum Gasteiger partial charge on any atom is 0.212 e. The van der Waals surface area contributed by atoms with Crippen molar-refractivity contribution in [1.82, 2.24) is 24.5 Å². The first kappa shape index (κ1) is 22.0. The Bertz CT molecular complexity index is 1430. The third kappa shape index (κ3) is 3.72. The number of likely N-dealkylation sites (tertiary alicyclic amines) is 1. The van der Waals surface area contributed by atoms with Gasteiger partial charge in [-0.15, -0.1) is 0 Å². The highest BCUT2D eigenvalue weighted by molar-refractivity contribution is 9.10. The minimum atomic E-state index is -0.448. The molecular weight excluding hydrogens is 510 g/mol. The van der Waals surface area contributed by atoms with Crippen LogP contribution < -0.4 is 9.64 Å². The molecule has 2 aliphatic heterocycles. The van der Waals surface area contributed by atoms with Crippen molar-refractivity contribution in [2.75, 3.05) is 25.1 Å². The molecule has 0 aliphatic carbocycles. The second-order valence-electron chi connectivity index (χ2n) is 8.86. The van der Waals surface area contributed by atoms with E-state index in [4.69, 9.17) is 9.72 Å². The molecule has 2 fully saturated rings. The highest BCUT2D eigenvalue weighted by atomic mass is 79.9. The van der Waals surface area contributed by atoms with E-state index in [9.17, 15) is 10.4 Å². The fourth-order valence-corrected chi connectivity index (χ4v) is 5.60. The lowest BCUT2D eigenvalue weighted by Gasteiger charge is -2.48. The Morgan fingerprint density at radius 3 is 2.77 bits per heavy atom. The van der Waals surface area contributed by atoms with Crippen LogP contribution >= 0.6 is 15.9 Å². The van der Waals surface area contributed by atoms with Crippen LogP contribution in [0.4, 0.5) is 5.82 Å². The molecular formula is C25H22BrN7O2. The lowest BCUT2D eigenvalue weighted by molar-refractivity contribution is 0.151. The quantitative estimate of drug-likeness (QED) is 0.419. The molecule has 4 aromatic heterocycles. The smallest absolute Gasteiger partial charge is 0.212 e. The van der Waals surface area contributed by atoms with Gasteiger partial charge in [0.25, 0.3) is 0 Å². The molecule has 0 saturated carbocycles. The van der Waals surface area contributed by atoms with Gasteiger partial charge in [-0.2, -0.15) is 10.4 Å². The minimum absolute atomic E-state index is 0.0113. The molecule has 35 heavy (non-hydrogen) atoms.